The van der Waals surface area contributed by atoms with Gasteiger partial charge in [-0.25, -0.2) is 0 Å². The Labute approximate surface area is 79.8 Å². The smallest absolute Gasteiger partial charge is 0.243 e. The Hall–Kier alpha value is -0.870. The van der Waals surface area contributed by atoms with Crippen molar-refractivity contribution in [1.29, 1.82) is 0 Å². The molecule has 0 saturated carbocycles. The highest BCUT2D eigenvalue weighted by Gasteiger charge is 2.01. The molecule has 0 aromatic carbocycles. The molecule has 0 aromatic rings. The number of hydrogen-bond acceptors (Lipinski definition) is 3. The van der Waals surface area contributed by atoms with Crippen LogP contribution in [0.5, 0.6) is 0 Å². The van der Waals surface area contributed by atoms with Crippen LogP contribution in [-0.2, 0) is 4.79 Å². The number of nitrogens with one attached hydrogen (secondary N) is 1. The number of carbonyl (C=O) groups is 1. The third-order valence-electron chi connectivity index (χ3n) is 1.76. The van der Waals surface area contributed by atoms with Crippen LogP contribution in [0.25, 0.3) is 0 Å². The molecular formula is C9H19N3O. The predicted molar refractivity (Wildman–Crippen MR) is 54.4 cm³/mol. The predicted octanol–water partition coefficient (Wildman–Crippen LogP) is -0.431. The van der Waals surface area contributed by atoms with Gasteiger partial charge in [0.1, 0.15) is 0 Å². The van der Waals surface area contributed by atoms with Crippen molar-refractivity contribution in [3.05, 3.63) is 12.2 Å². The third kappa shape index (κ3) is 7.49. The molecule has 0 aliphatic carbocycles. The van der Waals surface area contributed by atoms with Gasteiger partial charge in [0.15, 0.2) is 0 Å². The first-order valence-corrected chi connectivity index (χ1v) is 4.38. The zero-order valence-corrected chi connectivity index (χ0v) is 8.47. The molecule has 1 aliphatic rings. The molecule has 1 aliphatic heterocycles. The molecule has 1 rings (SSSR count). The highest BCUT2D eigenvalue weighted by Crippen LogP contribution is 1.83. The molecule has 1 saturated heterocycles. The summed E-state index contributed by atoms with van der Waals surface area (Å²) in [7, 11) is 2.15. The number of likely N-dealkylation sites (N-methyl/N-ethyl adjacent to an activating group) is 1. The van der Waals surface area contributed by atoms with Crippen LogP contribution in [0.15, 0.2) is 12.2 Å². The van der Waals surface area contributed by atoms with Crippen molar-refractivity contribution in [2.24, 2.45) is 5.73 Å². The molecule has 1 heterocycles. The van der Waals surface area contributed by atoms with E-state index in [0.29, 0.717) is 5.57 Å². The number of nitrogens with zero attached hydrogens (tertiary/aromatic N) is 1. The van der Waals surface area contributed by atoms with Gasteiger partial charge >= 0.3 is 0 Å². The molecule has 4 heteroatoms. The number of piperazine rings is 1. The van der Waals surface area contributed by atoms with E-state index in [1.807, 2.05) is 0 Å². The van der Waals surface area contributed by atoms with Crippen LogP contribution in [0, 0.1) is 0 Å². The minimum absolute atomic E-state index is 0.398. The lowest BCUT2D eigenvalue weighted by atomic mass is 10.3. The Morgan fingerprint density at radius 3 is 2.00 bits per heavy atom. The summed E-state index contributed by atoms with van der Waals surface area (Å²) in [5, 5.41) is 3.27. The van der Waals surface area contributed by atoms with Gasteiger partial charge in [-0.3, -0.25) is 4.79 Å². The zero-order chi connectivity index (χ0) is 10.3. The lowest BCUT2D eigenvalue weighted by Gasteiger charge is -2.21. The fraction of sp³-hybridized carbons (Fsp3) is 0.667. The van der Waals surface area contributed by atoms with Gasteiger partial charge in [-0.05, 0) is 14.0 Å². The first kappa shape index (κ1) is 12.1. The lowest BCUT2D eigenvalue weighted by Crippen LogP contribution is -2.40. The van der Waals surface area contributed by atoms with Gasteiger partial charge < -0.3 is 16.0 Å². The van der Waals surface area contributed by atoms with Crippen LogP contribution in [0.1, 0.15) is 6.92 Å². The van der Waals surface area contributed by atoms with Gasteiger partial charge in [-0.1, -0.05) is 6.58 Å². The maximum absolute atomic E-state index is 9.82. The summed E-state index contributed by atoms with van der Waals surface area (Å²) in [6.45, 7) is 9.59. The molecule has 0 atom stereocenters. The summed E-state index contributed by atoms with van der Waals surface area (Å²) in [4.78, 5) is 12.2. The van der Waals surface area contributed by atoms with E-state index in [4.69, 9.17) is 5.73 Å². The topological polar surface area (TPSA) is 58.4 Å². The van der Waals surface area contributed by atoms with Gasteiger partial charge in [0, 0.05) is 31.8 Å². The summed E-state index contributed by atoms with van der Waals surface area (Å²) < 4.78 is 0. The van der Waals surface area contributed by atoms with E-state index in [1.165, 1.54) is 13.1 Å². The van der Waals surface area contributed by atoms with Crippen molar-refractivity contribution in [3.8, 4) is 0 Å². The van der Waals surface area contributed by atoms with Crippen LogP contribution < -0.4 is 11.1 Å². The van der Waals surface area contributed by atoms with E-state index in [0.717, 1.165) is 13.1 Å². The quantitative estimate of drug-likeness (QED) is 0.545. The van der Waals surface area contributed by atoms with E-state index in [-0.39, 0.29) is 0 Å². The Bertz CT molecular complexity index is 162. The average molecular weight is 185 g/mol. The van der Waals surface area contributed by atoms with Crippen LogP contribution in [0.4, 0.5) is 0 Å². The van der Waals surface area contributed by atoms with Crippen molar-refractivity contribution in [2.75, 3.05) is 33.2 Å². The largest absolute Gasteiger partial charge is 0.366 e. The van der Waals surface area contributed by atoms with Crippen LogP contribution in [0.3, 0.4) is 0 Å². The Morgan fingerprint density at radius 2 is 1.85 bits per heavy atom. The minimum Gasteiger partial charge on any atom is -0.366 e. The first-order valence-electron chi connectivity index (χ1n) is 4.38. The van der Waals surface area contributed by atoms with Crippen molar-refractivity contribution >= 4 is 5.91 Å². The number of amides is 1. The molecule has 4 nitrogen and oxygen atoms in total. The highest BCUT2D eigenvalue weighted by molar-refractivity contribution is 5.90. The lowest BCUT2D eigenvalue weighted by molar-refractivity contribution is -0.114. The second-order valence-electron chi connectivity index (χ2n) is 3.20. The summed E-state index contributed by atoms with van der Waals surface area (Å²) in [6, 6.07) is 0. The third-order valence-corrected chi connectivity index (χ3v) is 1.76. The van der Waals surface area contributed by atoms with E-state index in [9.17, 15) is 4.79 Å². The Morgan fingerprint density at radius 1 is 1.46 bits per heavy atom. The first-order chi connectivity index (χ1) is 6.04. The fourth-order valence-corrected chi connectivity index (χ4v) is 0.777. The maximum Gasteiger partial charge on any atom is 0.243 e. The molecule has 76 valence electrons. The molecule has 13 heavy (non-hydrogen) atoms. The summed E-state index contributed by atoms with van der Waals surface area (Å²) >= 11 is 0. The number of rotatable bonds is 1. The zero-order valence-electron chi connectivity index (χ0n) is 8.47. The maximum atomic E-state index is 9.82. The minimum atomic E-state index is -0.435. The molecule has 0 aromatic heterocycles. The molecule has 3 N–H and O–H groups in total. The van der Waals surface area contributed by atoms with E-state index < -0.39 is 5.91 Å². The van der Waals surface area contributed by atoms with Gasteiger partial charge in [0.05, 0.1) is 0 Å². The monoisotopic (exact) mass is 185 g/mol. The number of carbonyl (C=O) groups excluding carboxylic acids is 1. The van der Waals surface area contributed by atoms with Crippen LogP contribution in [-0.4, -0.2) is 44.0 Å². The molecule has 0 bridgehead atoms. The molecule has 0 spiro atoms. The second kappa shape index (κ2) is 6.62. The van der Waals surface area contributed by atoms with E-state index >= 15 is 0 Å². The fourth-order valence-electron chi connectivity index (χ4n) is 0.777. The van der Waals surface area contributed by atoms with Crippen LogP contribution in [0.2, 0.25) is 0 Å². The highest BCUT2D eigenvalue weighted by atomic mass is 16.1. The van der Waals surface area contributed by atoms with Crippen molar-refractivity contribution in [3.63, 3.8) is 0 Å². The number of hydrogen-bond donors (Lipinski definition) is 2. The van der Waals surface area contributed by atoms with Gasteiger partial charge in [-0.2, -0.15) is 0 Å². The number of primary amides is 1. The van der Waals surface area contributed by atoms with E-state index in [1.54, 1.807) is 6.92 Å². The molecule has 1 amide bonds. The standard InChI is InChI=1S/C5H12N2.C4H7NO/c1-7-4-2-6-3-5-7;1-3(2)4(5)6/h6H,2-5H2,1H3;1H2,2H3,(H2,5,6). The van der Waals surface area contributed by atoms with Crippen molar-refractivity contribution < 1.29 is 4.79 Å². The van der Waals surface area contributed by atoms with Gasteiger partial charge in [0.2, 0.25) is 5.91 Å². The summed E-state index contributed by atoms with van der Waals surface area (Å²) in [5.74, 6) is -0.435. The Kier molecular flexibility index (Phi) is 6.18. The van der Waals surface area contributed by atoms with Crippen LogP contribution >= 0.6 is 0 Å². The average Bonchev–Trinajstić information content (AvgIpc) is 2.06. The van der Waals surface area contributed by atoms with Gasteiger partial charge in [-0.15, -0.1) is 0 Å². The van der Waals surface area contributed by atoms with E-state index in [2.05, 4.69) is 23.8 Å². The molecule has 1 fully saturated rings. The van der Waals surface area contributed by atoms with Crippen molar-refractivity contribution in [1.82, 2.24) is 10.2 Å². The SMILES string of the molecule is C=C(C)C(N)=O.CN1CCNCC1. The van der Waals surface area contributed by atoms with Crippen molar-refractivity contribution in [2.45, 2.75) is 6.92 Å². The molecule has 0 radical (unpaired) electrons. The molecule has 0 unspecified atom stereocenters. The Balaban J connectivity index is 0.000000226. The number of nitrogens with two attached hydrogens (primary N) is 1. The summed E-state index contributed by atoms with van der Waals surface area (Å²) in [6.07, 6.45) is 0. The normalized spacial score (nSPS) is 17.1. The molecular weight excluding hydrogens is 166 g/mol. The van der Waals surface area contributed by atoms with Gasteiger partial charge in [0.25, 0.3) is 0 Å². The summed E-state index contributed by atoms with van der Waals surface area (Å²) in [5.41, 5.74) is 5.09. The second-order valence-corrected chi connectivity index (χ2v) is 3.20.